The molecule has 1 atom stereocenters. The van der Waals surface area contributed by atoms with E-state index in [0.717, 1.165) is 30.6 Å². The molecule has 3 rings (SSSR count). The lowest BCUT2D eigenvalue weighted by Gasteiger charge is -2.33. The Kier molecular flexibility index (Phi) is 4.78. The van der Waals surface area contributed by atoms with Gasteiger partial charge in [0.15, 0.2) is 5.69 Å². The number of carbonyl (C=O) groups excluding carboxylic acids is 1. The lowest BCUT2D eigenvalue weighted by Crippen LogP contribution is -2.27. The molecule has 25 heavy (non-hydrogen) atoms. The summed E-state index contributed by atoms with van der Waals surface area (Å²) in [4.78, 5) is 12.8. The normalized spacial score (nSPS) is 17.1. The van der Waals surface area contributed by atoms with Gasteiger partial charge in [0.1, 0.15) is 11.5 Å². The van der Waals surface area contributed by atoms with Crippen LogP contribution in [0.2, 0.25) is 5.02 Å². The molecule has 134 valence electrons. The van der Waals surface area contributed by atoms with Crippen molar-refractivity contribution in [1.29, 1.82) is 0 Å². The third-order valence-electron chi connectivity index (χ3n) is 4.89. The highest BCUT2D eigenvalue weighted by Crippen LogP contribution is 2.38. The molecule has 0 spiro atoms. The SMILES string of the molecule is COc1ccc(Cl)cc1NC(=O)c1noc2c1CC(C(C)(C)C)CC2. The Bertz CT molecular complexity index is 792. The minimum atomic E-state index is -0.305. The average Bonchev–Trinajstić information content (AvgIpc) is 2.97. The van der Waals surface area contributed by atoms with Gasteiger partial charge in [-0.15, -0.1) is 0 Å². The molecule has 1 aromatic heterocycles. The topological polar surface area (TPSA) is 64.4 Å². The van der Waals surface area contributed by atoms with Crippen LogP contribution in [0.4, 0.5) is 5.69 Å². The number of benzene rings is 1. The van der Waals surface area contributed by atoms with Gasteiger partial charge in [-0.3, -0.25) is 4.79 Å². The summed E-state index contributed by atoms with van der Waals surface area (Å²) in [6.45, 7) is 6.69. The zero-order chi connectivity index (χ0) is 18.2. The first-order valence-corrected chi connectivity index (χ1v) is 8.79. The highest BCUT2D eigenvalue weighted by atomic mass is 35.5. The van der Waals surface area contributed by atoms with Gasteiger partial charge >= 0.3 is 0 Å². The van der Waals surface area contributed by atoms with Crippen LogP contribution in [0.3, 0.4) is 0 Å². The molecular weight excluding hydrogens is 340 g/mol. The predicted octanol–water partition coefficient (Wildman–Crippen LogP) is 4.74. The third kappa shape index (κ3) is 3.66. The van der Waals surface area contributed by atoms with Gasteiger partial charge in [0.25, 0.3) is 5.91 Å². The molecule has 0 saturated carbocycles. The standard InChI is InChI=1S/C19H23ClN2O3/c1-19(2,3)11-5-7-15-13(9-11)17(22-25-15)18(23)21-14-10-12(20)6-8-16(14)24-4/h6,8,10-11H,5,7,9H2,1-4H3,(H,21,23). The Morgan fingerprint density at radius 2 is 2.16 bits per heavy atom. The molecule has 0 radical (unpaired) electrons. The van der Waals surface area contributed by atoms with E-state index < -0.39 is 0 Å². The fraction of sp³-hybridized carbons (Fsp3) is 0.474. The van der Waals surface area contributed by atoms with Crippen LogP contribution in [0.1, 0.15) is 49.0 Å². The number of hydrogen-bond acceptors (Lipinski definition) is 4. The van der Waals surface area contributed by atoms with E-state index >= 15 is 0 Å². The van der Waals surface area contributed by atoms with E-state index in [9.17, 15) is 4.79 Å². The maximum Gasteiger partial charge on any atom is 0.278 e. The van der Waals surface area contributed by atoms with E-state index in [1.807, 2.05) is 0 Å². The Hall–Kier alpha value is -2.01. The number of ether oxygens (including phenoxy) is 1. The van der Waals surface area contributed by atoms with E-state index in [0.29, 0.717) is 28.1 Å². The second-order valence-electron chi connectivity index (χ2n) is 7.54. The van der Waals surface area contributed by atoms with Crippen LogP contribution in [0.5, 0.6) is 5.75 Å². The molecule has 1 aliphatic carbocycles. The molecule has 1 aromatic carbocycles. The summed E-state index contributed by atoms with van der Waals surface area (Å²) in [7, 11) is 1.55. The molecule has 0 bridgehead atoms. The van der Waals surface area contributed by atoms with Gasteiger partial charge in [0.05, 0.1) is 12.8 Å². The van der Waals surface area contributed by atoms with Gasteiger partial charge in [-0.25, -0.2) is 0 Å². The van der Waals surface area contributed by atoms with Crippen LogP contribution in [-0.2, 0) is 12.8 Å². The van der Waals surface area contributed by atoms with E-state index in [1.54, 1.807) is 25.3 Å². The van der Waals surface area contributed by atoms with Crippen LogP contribution in [0.25, 0.3) is 0 Å². The molecule has 5 nitrogen and oxygen atoms in total. The molecule has 6 heteroatoms. The molecule has 2 aromatic rings. The molecule has 0 fully saturated rings. The Balaban J connectivity index is 1.86. The number of aryl methyl sites for hydroxylation is 1. The number of hydrogen-bond donors (Lipinski definition) is 1. The second kappa shape index (κ2) is 6.71. The molecule has 0 aliphatic heterocycles. The highest BCUT2D eigenvalue weighted by Gasteiger charge is 2.34. The van der Waals surface area contributed by atoms with E-state index in [-0.39, 0.29) is 11.3 Å². The Labute approximate surface area is 152 Å². The average molecular weight is 363 g/mol. The summed E-state index contributed by atoms with van der Waals surface area (Å²) >= 11 is 6.03. The molecule has 1 unspecified atom stereocenters. The number of nitrogens with zero attached hydrogens (tertiary/aromatic N) is 1. The summed E-state index contributed by atoms with van der Waals surface area (Å²) in [5.74, 6) is 1.55. The van der Waals surface area contributed by atoms with Gasteiger partial charge in [0, 0.05) is 17.0 Å². The largest absolute Gasteiger partial charge is 0.495 e. The van der Waals surface area contributed by atoms with Gasteiger partial charge < -0.3 is 14.6 Å². The molecule has 1 heterocycles. The van der Waals surface area contributed by atoms with Crippen molar-refractivity contribution in [2.24, 2.45) is 11.3 Å². The van der Waals surface area contributed by atoms with Gasteiger partial charge in [-0.05, 0) is 42.4 Å². The van der Waals surface area contributed by atoms with E-state index in [2.05, 4.69) is 31.2 Å². The van der Waals surface area contributed by atoms with E-state index in [1.165, 1.54) is 0 Å². The minimum absolute atomic E-state index is 0.179. The quantitative estimate of drug-likeness (QED) is 0.856. The van der Waals surface area contributed by atoms with Gasteiger partial charge in [-0.1, -0.05) is 37.5 Å². The van der Waals surface area contributed by atoms with Crippen molar-refractivity contribution in [1.82, 2.24) is 5.16 Å². The summed E-state index contributed by atoms with van der Waals surface area (Å²) in [5.41, 5.74) is 1.97. The van der Waals surface area contributed by atoms with Crippen LogP contribution in [0.15, 0.2) is 22.7 Å². The lowest BCUT2D eigenvalue weighted by atomic mass is 9.71. The maximum atomic E-state index is 12.8. The minimum Gasteiger partial charge on any atom is -0.495 e. The first-order chi connectivity index (χ1) is 11.8. The van der Waals surface area contributed by atoms with Crippen LogP contribution in [-0.4, -0.2) is 18.2 Å². The van der Waals surface area contributed by atoms with Gasteiger partial charge in [-0.2, -0.15) is 0 Å². The number of methoxy groups -OCH3 is 1. The van der Waals surface area contributed by atoms with Crippen molar-refractivity contribution >= 4 is 23.2 Å². The van der Waals surface area contributed by atoms with Crippen molar-refractivity contribution in [2.75, 3.05) is 12.4 Å². The van der Waals surface area contributed by atoms with Crippen LogP contribution < -0.4 is 10.1 Å². The fourth-order valence-electron chi connectivity index (χ4n) is 3.28. The van der Waals surface area contributed by atoms with Crippen LogP contribution >= 0.6 is 11.6 Å². The predicted molar refractivity (Wildman–Crippen MR) is 97.4 cm³/mol. The molecule has 1 aliphatic rings. The number of anilines is 1. The number of fused-ring (bicyclic) bond motifs is 1. The number of nitrogens with one attached hydrogen (secondary N) is 1. The number of aromatic nitrogens is 1. The fourth-order valence-corrected chi connectivity index (χ4v) is 3.45. The highest BCUT2D eigenvalue weighted by molar-refractivity contribution is 6.31. The summed E-state index contributed by atoms with van der Waals surface area (Å²) in [6.07, 6.45) is 2.67. The smallest absolute Gasteiger partial charge is 0.278 e. The number of amides is 1. The number of halogens is 1. The van der Waals surface area contributed by atoms with Gasteiger partial charge in [0.2, 0.25) is 0 Å². The van der Waals surface area contributed by atoms with Crippen molar-refractivity contribution < 1.29 is 14.1 Å². The zero-order valence-electron chi connectivity index (χ0n) is 15.0. The van der Waals surface area contributed by atoms with Crippen molar-refractivity contribution in [3.8, 4) is 5.75 Å². The van der Waals surface area contributed by atoms with Crippen molar-refractivity contribution in [2.45, 2.75) is 40.0 Å². The Morgan fingerprint density at radius 1 is 1.40 bits per heavy atom. The van der Waals surface area contributed by atoms with Crippen molar-refractivity contribution in [3.05, 3.63) is 40.2 Å². The monoisotopic (exact) mass is 362 g/mol. The first-order valence-electron chi connectivity index (χ1n) is 8.42. The molecule has 0 saturated heterocycles. The summed E-state index contributed by atoms with van der Waals surface area (Å²) in [5, 5.41) is 7.38. The lowest BCUT2D eigenvalue weighted by molar-refractivity contribution is 0.101. The van der Waals surface area contributed by atoms with E-state index in [4.69, 9.17) is 20.9 Å². The number of carbonyl (C=O) groups is 1. The van der Waals surface area contributed by atoms with Crippen molar-refractivity contribution in [3.63, 3.8) is 0 Å². The maximum absolute atomic E-state index is 12.8. The zero-order valence-corrected chi connectivity index (χ0v) is 15.7. The molecular formula is C19H23ClN2O3. The number of rotatable bonds is 3. The second-order valence-corrected chi connectivity index (χ2v) is 7.97. The van der Waals surface area contributed by atoms with Crippen LogP contribution in [0, 0.1) is 11.3 Å². The third-order valence-corrected chi connectivity index (χ3v) is 5.12. The summed E-state index contributed by atoms with van der Waals surface area (Å²) in [6, 6.07) is 5.08. The molecule has 1 amide bonds. The first kappa shape index (κ1) is 17.8. The summed E-state index contributed by atoms with van der Waals surface area (Å²) < 4.78 is 10.7. The molecule has 1 N–H and O–H groups in total. The Morgan fingerprint density at radius 3 is 2.84 bits per heavy atom.